The molecule has 5 aromatic rings. The second-order valence-electron chi connectivity index (χ2n) is 8.08. The summed E-state index contributed by atoms with van der Waals surface area (Å²) in [7, 11) is 1.49. The summed E-state index contributed by atoms with van der Waals surface area (Å²) in [5.41, 5.74) is 0.570. The molecule has 1 unspecified atom stereocenters. The molecule has 6 rings (SSSR count). The zero-order valence-electron chi connectivity index (χ0n) is 18.9. The van der Waals surface area contributed by atoms with Crippen LogP contribution in [0.4, 0.5) is 10.8 Å². The van der Waals surface area contributed by atoms with Crippen LogP contribution < -0.4 is 9.64 Å². The number of rotatable bonds is 6. The number of carbonyl (C=O) groups is 2. The van der Waals surface area contributed by atoms with Crippen molar-refractivity contribution in [2.24, 2.45) is 0 Å². The molecule has 0 saturated heterocycles. The van der Waals surface area contributed by atoms with Crippen molar-refractivity contribution < 1.29 is 28.8 Å². The van der Waals surface area contributed by atoms with Crippen LogP contribution in [0.15, 0.2) is 75.7 Å². The first-order valence-corrected chi connectivity index (χ1v) is 12.5. The standard InChI is InChI=1S/C25H15N3O7S2/c1-34-15-5-2-4-12-10-16(35-23(12)15)21(29)19-20(17-6-3-9-36-17)27(24(31)22(19)30)25-26-14-8-7-13(28(32)33)11-18(14)37-25/h2-11,20,30H,1H3. The quantitative estimate of drug-likeness (QED) is 0.164. The van der Waals surface area contributed by atoms with Gasteiger partial charge in [-0.1, -0.05) is 29.5 Å². The number of thiophene rings is 1. The maximum absolute atomic E-state index is 13.7. The molecule has 4 heterocycles. The Balaban J connectivity index is 1.47. The first kappa shape index (κ1) is 22.9. The molecule has 10 nitrogen and oxygen atoms in total. The molecule has 0 bridgehead atoms. The van der Waals surface area contributed by atoms with E-state index in [4.69, 9.17) is 9.15 Å². The number of nitro groups is 1. The zero-order chi connectivity index (χ0) is 25.8. The number of nitrogens with zero attached hydrogens (tertiary/aromatic N) is 3. The molecule has 1 aliphatic rings. The van der Waals surface area contributed by atoms with Gasteiger partial charge in [0, 0.05) is 22.4 Å². The fourth-order valence-corrected chi connectivity index (χ4v) is 6.16. The van der Waals surface area contributed by atoms with Crippen LogP contribution in [0.25, 0.3) is 21.2 Å². The summed E-state index contributed by atoms with van der Waals surface area (Å²) in [6.07, 6.45) is 0. The molecule has 184 valence electrons. The number of aromatic nitrogens is 1. The molecule has 0 spiro atoms. The average molecular weight is 534 g/mol. The molecule has 1 atom stereocenters. The van der Waals surface area contributed by atoms with Gasteiger partial charge in [-0.25, -0.2) is 4.98 Å². The van der Waals surface area contributed by atoms with Gasteiger partial charge in [0.15, 0.2) is 28.0 Å². The third-order valence-corrected chi connectivity index (χ3v) is 7.94. The second kappa shape index (κ2) is 8.54. The summed E-state index contributed by atoms with van der Waals surface area (Å²) in [4.78, 5) is 44.1. The summed E-state index contributed by atoms with van der Waals surface area (Å²) < 4.78 is 11.6. The minimum absolute atomic E-state index is 0.0582. The number of aliphatic hydroxyl groups excluding tert-OH is 1. The van der Waals surface area contributed by atoms with Crippen LogP contribution in [0.2, 0.25) is 0 Å². The Bertz CT molecular complexity index is 1770. The monoisotopic (exact) mass is 533 g/mol. The first-order valence-electron chi connectivity index (χ1n) is 10.8. The second-order valence-corrected chi connectivity index (χ2v) is 10.1. The summed E-state index contributed by atoms with van der Waals surface area (Å²) in [5, 5.41) is 24.8. The number of hydrogen-bond acceptors (Lipinski definition) is 10. The molecule has 1 aliphatic heterocycles. The van der Waals surface area contributed by atoms with Crippen molar-refractivity contribution in [1.29, 1.82) is 0 Å². The number of benzene rings is 2. The lowest BCUT2D eigenvalue weighted by Gasteiger charge is -2.22. The summed E-state index contributed by atoms with van der Waals surface area (Å²) in [5.74, 6) is -1.78. The van der Waals surface area contributed by atoms with E-state index >= 15 is 0 Å². The molecular formula is C25H15N3O7S2. The molecule has 0 fully saturated rings. The Labute approximate surface area is 215 Å². The fourth-order valence-electron chi connectivity index (χ4n) is 4.31. The van der Waals surface area contributed by atoms with Gasteiger partial charge in [0.1, 0.15) is 6.04 Å². The van der Waals surface area contributed by atoms with E-state index in [0.717, 1.165) is 11.3 Å². The highest BCUT2D eigenvalue weighted by atomic mass is 32.1. The van der Waals surface area contributed by atoms with Gasteiger partial charge in [-0.3, -0.25) is 24.6 Å². The molecule has 1 amide bonds. The molecule has 0 radical (unpaired) electrons. The van der Waals surface area contributed by atoms with Gasteiger partial charge < -0.3 is 14.3 Å². The normalized spacial score (nSPS) is 15.8. The van der Waals surface area contributed by atoms with E-state index in [9.17, 15) is 24.8 Å². The van der Waals surface area contributed by atoms with Crippen molar-refractivity contribution in [2.45, 2.75) is 6.04 Å². The summed E-state index contributed by atoms with van der Waals surface area (Å²) in [6, 6.07) is 13.5. The van der Waals surface area contributed by atoms with Crippen LogP contribution >= 0.6 is 22.7 Å². The number of para-hydroxylation sites is 1. The lowest BCUT2D eigenvalue weighted by atomic mass is 10.0. The Hall–Kier alpha value is -4.55. The number of carbonyl (C=O) groups excluding carboxylic acids is 2. The SMILES string of the molecule is COc1cccc2cc(C(=O)C3=C(O)C(=O)N(c4nc5ccc([N+](=O)[O-])cc5s4)C3c3cccs3)oc12. The third-order valence-electron chi connectivity index (χ3n) is 5.99. The number of methoxy groups -OCH3 is 1. The van der Waals surface area contributed by atoms with Gasteiger partial charge in [-0.05, 0) is 29.6 Å². The highest BCUT2D eigenvalue weighted by Gasteiger charge is 2.47. The number of furan rings is 1. The topological polar surface area (TPSA) is 136 Å². The van der Waals surface area contributed by atoms with E-state index in [0.29, 0.717) is 31.8 Å². The van der Waals surface area contributed by atoms with Crippen LogP contribution in [0.5, 0.6) is 5.75 Å². The largest absolute Gasteiger partial charge is 0.503 e. The van der Waals surface area contributed by atoms with Crippen molar-refractivity contribution in [3.63, 3.8) is 0 Å². The van der Waals surface area contributed by atoms with Crippen molar-refractivity contribution in [2.75, 3.05) is 12.0 Å². The van der Waals surface area contributed by atoms with Gasteiger partial charge in [-0.15, -0.1) is 11.3 Å². The Kier molecular flexibility index (Phi) is 5.28. The Morgan fingerprint density at radius 2 is 2.05 bits per heavy atom. The van der Waals surface area contributed by atoms with Crippen molar-refractivity contribution >= 4 is 66.4 Å². The summed E-state index contributed by atoms with van der Waals surface area (Å²) in [6.45, 7) is 0. The molecule has 3 aromatic heterocycles. The average Bonchev–Trinajstić information content (AvgIpc) is 3.68. The molecular weight excluding hydrogens is 518 g/mol. The van der Waals surface area contributed by atoms with E-state index < -0.39 is 28.4 Å². The van der Waals surface area contributed by atoms with Crippen LogP contribution in [0, 0.1) is 10.1 Å². The molecule has 12 heteroatoms. The number of Topliss-reactive ketones (excluding diaryl/α,β-unsaturated/α-hetero) is 1. The number of anilines is 1. The van der Waals surface area contributed by atoms with Gasteiger partial charge in [0.2, 0.25) is 5.78 Å². The maximum atomic E-state index is 13.7. The van der Waals surface area contributed by atoms with Crippen LogP contribution in [0.3, 0.4) is 0 Å². The van der Waals surface area contributed by atoms with Crippen molar-refractivity contribution in [3.05, 3.63) is 92.1 Å². The number of nitro benzene ring substituents is 1. The number of ether oxygens (including phenoxy) is 1. The third kappa shape index (κ3) is 3.57. The minimum Gasteiger partial charge on any atom is -0.503 e. The number of fused-ring (bicyclic) bond motifs is 2. The van der Waals surface area contributed by atoms with Crippen molar-refractivity contribution in [3.8, 4) is 5.75 Å². The minimum atomic E-state index is -0.967. The number of thiazole rings is 1. The van der Waals surface area contributed by atoms with E-state index in [-0.39, 0.29) is 22.2 Å². The van der Waals surface area contributed by atoms with Gasteiger partial charge >= 0.3 is 0 Å². The fraction of sp³-hybridized carbons (Fsp3) is 0.0800. The first-order chi connectivity index (χ1) is 17.9. The van der Waals surface area contributed by atoms with Gasteiger partial charge in [-0.2, -0.15) is 0 Å². The van der Waals surface area contributed by atoms with E-state index in [2.05, 4.69) is 4.98 Å². The van der Waals surface area contributed by atoms with E-state index in [1.807, 2.05) is 0 Å². The molecule has 37 heavy (non-hydrogen) atoms. The number of amides is 1. The summed E-state index contributed by atoms with van der Waals surface area (Å²) >= 11 is 2.37. The Morgan fingerprint density at radius 3 is 2.78 bits per heavy atom. The highest BCUT2D eigenvalue weighted by molar-refractivity contribution is 7.22. The van der Waals surface area contributed by atoms with E-state index in [1.165, 1.54) is 47.6 Å². The zero-order valence-corrected chi connectivity index (χ0v) is 20.5. The van der Waals surface area contributed by atoms with Gasteiger partial charge in [0.25, 0.3) is 11.6 Å². The molecule has 1 N–H and O–H groups in total. The molecule has 0 saturated carbocycles. The van der Waals surface area contributed by atoms with Crippen LogP contribution in [0.1, 0.15) is 21.5 Å². The Morgan fingerprint density at radius 1 is 1.22 bits per heavy atom. The molecule has 2 aromatic carbocycles. The van der Waals surface area contributed by atoms with Crippen LogP contribution in [-0.4, -0.2) is 33.8 Å². The predicted octanol–water partition coefficient (Wildman–Crippen LogP) is 5.80. The molecule has 0 aliphatic carbocycles. The maximum Gasteiger partial charge on any atom is 0.296 e. The number of aliphatic hydroxyl groups is 1. The lowest BCUT2D eigenvalue weighted by Crippen LogP contribution is -2.30. The predicted molar refractivity (Wildman–Crippen MR) is 138 cm³/mol. The lowest BCUT2D eigenvalue weighted by molar-refractivity contribution is -0.384. The smallest absolute Gasteiger partial charge is 0.296 e. The van der Waals surface area contributed by atoms with Gasteiger partial charge in [0.05, 0.1) is 27.8 Å². The van der Waals surface area contributed by atoms with Crippen LogP contribution in [-0.2, 0) is 4.79 Å². The van der Waals surface area contributed by atoms with Crippen molar-refractivity contribution in [1.82, 2.24) is 4.98 Å². The number of hydrogen-bond donors (Lipinski definition) is 1. The highest BCUT2D eigenvalue weighted by Crippen LogP contribution is 2.46. The number of non-ortho nitro benzene ring substituents is 1. The number of ketones is 1. The van der Waals surface area contributed by atoms with E-state index in [1.54, 1.807) is 35.7 Å².